The van der Waals surface area contributed by atoms with E-state index in [0.29, 0.717) is 5.92 Å². The van der Waals surface area contributed by atoms with E-state index in [-0.39, 0.29) is 35.5 Å². The van der Waals surface area contributed by atoms with Gasteiger partial charge in [0.25, 0.3) is 0 Å². The lowest BCUT2D eigenvalue weighted by Gasteiger charge is -2.54. The molecule has 23 heavy (non-hydrogen) atoms. The minimum Gasteiger partial charge on any atom is -0.377 e. The number of rotatable bonds is 2. The summed E-state index contributed by atoms with van der Waals surface area (Å²) in [7, 11) is 0. The fraction of sp³-hybridized carbons (Fsp3) is 0.611. The van der Waals surface area contributed by atoms with Crippen LogP contribution in [0.1, 0.15) is 43.9 Å². The minimum absolute atomic E-state index is 0.0186. The number of halogens is 1. The fourth-order valence-electron chi connectivity index (χ4n) is 4.69. The van der Waals surface area contributed by atoms with Crippen molar-refractivity contribution in [2.45, 2.75) is 51.3 Å². The predicted molar refractivity (Wildman–Crippen MR) is 84.5 cm³/mol. The van der Waals surface area contributed by atoms with E-state index in [0.717, 1.165) is 37.0 Å². The lowest BCUT2D eigenvalue weighted by atomic mass is 9.57. The molecule has 2 amide bonds. The molecule has 0 aromatic heterocycles. The van der Waals surface area contributed by atoms with E-state index in [1.807, 2.05) is 0 Å². The number of benzene rings is 1. The van der Waals surface area contributed by atoms with Crippen LogP contribution in [0.4, 0.5) is 9.18 Å². The smallest absolute Gasteiger partial charge is 0.315 e. The molecule has 1 heterocycles. The number of amides is 2. The van der Waals surface area contributed by atoms with E-state index >= 15 is 0 Å². The van der Waals surface area contributed by atoms with Crippen LogP contribution in [0, 0.1) is 17.2 Å². The van der Waals surface area contributed by atoms with Crippen LogP contribution in [0.3, 0.4) is 0 Å². The Balaban J connectivity index is 1.40. The summed E-state index contributed by atoms with van der Waals surface area (Å²) in [5, 5.41) is 6.20. The first-order chi connectivity index (χ1) is 11.0. The van der Waals surface area contributed by atoms with Crippen molar-refractivity contribution in [3.8, 4) is 0 Å². The van der Waals surface area contributed by atoms with Crippen LogP contribution < -0.4 is 10.6 Å². The number of urea groups is 1. The molecule has 1 saturated heterocycles. The number of hydrogen-bond acceptors (Lipinski definition) is 2. The van der Waals surface area contributed by atoms with E-state index in [1.54, 1.807) is 12.1 Å². The zero-order chi connectivity index (χ0) is 16.2. The van der Waals surface area contributed by atoms with Crippen LogP contribution in [0.5, 0.6) is 0 Å². The first kappa shape index (κ1) is 14.9. The summed E-state index contributed by atoms with van der Waals surface area (Å²) >= 11 is 0. The van der Waals surface area contributed by atoms with Gasteiger partial charge in [0.2, 0.25) is 0 Å². The average molecular weight is 318 g/mol. The van der Waals surface area contributed by atoms with Crippen molar-refractivity contribution in [1.82, 2.24) is 10.6 Å². The quantitative estimate of drug-likeness (QED) is 0.881. The Hall–Kier alpha value is -1.62. The fourth-order valence-corrected chi connectivity index (χ4v) is 4.69. The summed E-state index contributed by atoms with van der Waals surface area (Å²) in [4.78, 5) is 12.4. The van der Waals surface area contributed by atoms with Gasteiger partial charge in [-0.2, -0.15) is 0 Å². The topological polar surface area (TPSA) is 50.4 Å². The number of carbonyl (C=O) groups is 1. The van der Waals surface area contributed by atoms with E-state index < -0.39 is 0 Å². The van der Waals surface area contributed by atoms with E-state index in [4.69, 9.17) is 4.74 Å². The first-order valence-corrected chi connectivity index (χ1v) is 8.44. The van der Waals surface area contributed by atoms with Gasteiger partial charge in [0, 0.05) is 24.0 Å². The number of ether oxygens (including phenoxy) is 1. The average Bonchev–Trinajstić information content (AvgIpc) is 3.11. The molecule has 1 aliphatic heterocycles. The second-order valence-electron chi connectivity index (χ2n) is 7.60. The molecule has 0 spiro atoms. The van der Waals surface area contributed by atoms with Crippen LogP contribution in [0.15, 0.2) is 18.2 Å². The van der Waals surface area contributed by atoms with Gasteiger partial charge >= 0.3 is 6.03 Å². The Morgan fingerprint density at radius 1 is 1.30 bits per heavy atom. The Morgan fingerprint density at radius 3 is 2.96 bits per heavy atom. The van der Waals surface area contributed by atoms with Gasteiger partial charge in [0.1, 0.15) is 5.82 Å². The van der Waals surface area contributed by atoms with Gasteiger partial charge in [-0.15, -0.1) is 0 Å². The maximum atomic E-state index is 13.3. The summed E-state index contributed by atoms with van der Waals surface area (Å²) in [5.41, 5.74) is 2.02. The monoisotopic (exact) mass is 318 g/mol. The van der Waals surface area contributed by atoms with Crippen molar-refractivity contribution < 1.29 is 13.9 Å². The van der Waals surface area contributed by atoms with Crippen molar-refractivity contribution >= 4 is 6.03 Å². The van der Waals surface area contributed by atoms with Gasteiger partial charge in [-0.25, -0.2) is 9.18 Å². The third kappa shape index (κ3) is 2.33. The maximum absolute atomic E-state index is 13.3. The van der Waals surface area contributed by atoms with Crippen LogP contribution in [0.2, 0.25) is 0 Å². The largest absolute Gasteiger partial charge is 0.377 e. The standard InChI is InChI=1S/C18H23FN2O2/c1-18(2)15(13-7-8-23-16(13)18)21-17(22)20-14-6-3-10-9-11(19)4-5-12(10)14/h4-5,9,13-16H,3,6-8H2,1-2H3,(H2,20,21,22)/t13-,14-,15-,16+/m1/s1. The lowest BCUT2D eigenvalue weighted by molar-refractivity contribution is -0.108. The highest BCUT2D eigenvalue weighted by Crippen LogP contribution is 2.52. The predicted octanol–water partition coefficient (Wildman–Crippen LogP) is 2.93. The molecule has 3 aliphatic rings. The second-order valence-corrected chi connectivity index (χ2v) is 7.60. The van der Waals surface area contributed by atoms with Crippen molar-refractivity contribution in [1.29, 1.82) is 0 Å². The summed E-state index contributed by atoms with van der Waals surface area (Å²) in [6.07, 6.45) is 2.92. The van der Waals surface area contributed by atoms with Gasteiger partial charge in [0.05, 0.1) is 12.1 Å². The molecule has 4 rings (SSSR count). The highest BCUT2D eigenvalue weighted by Gasteiger charge is 2.59. The molecule has 0 radical (unpaired) electrons. The molecule has 4 nitrogen and oxygen atoms in total. The third-order valence-corrected chi connectivity index (χ3v) is 5.88. The highest BCUT2D eigenvalue weighted by atomic mass is 19.1. The Bertz CT molecular complexity index is 646. The molecule has 5 heteroatoms. The molecule has 124 valence electrons. The number of aryl methyl sites for hydroxylation is 1. The molecular formula is C18H23FN2O2. The second kappa shape index (κ2) is 5.20. The maximum Gasteiger partial charge on any atom is 0.315 e. The van der Waals surface area contributed by atoms with Gasteiger partial charge in [0.15, 0.2) is 0 Å². The molecule has 1 aromatic rings. The van der Waals surface area contributed by atoms with Crippen LogP contribution in [0.25, 0.3) is 0 Å². The minimum atomic E-state index is -0.211. The number of carbonyl (C=O) groups excluding carboxylic acids is 1. The summed E-state index contributed by atoms with van der Waals surface area (Å²) in [6, 6.07) is 4.83. The van der Waals surface area contributed by atoms with E-state index in [2.05, 4.69) is 24.5 Å². The van der Waals surface area contributed by atoms with Crippen molar-refractivity contribution in [3.63, 3.8) is 0 Å². The number of nitrogens with one attached hydrogen (secondary N) is 2. The lowest BCUT2D eigenvalue weighted by Crippen LogP contribution is -2.67. The Morgan fingerprint density at radius 2 is 2.13 bits per heavy atom. The zero-order valence-electron chi connectivity index (χ0n) is 13.6. The Labute approximate surface area is 135 Å². The van der Waals surface area contributed by atoms with Gasteiger partial charge in [-0.05, 0) is 42.5 Å². The molecule has 1 saturated carbocycles. The molecule has 0 unspecified atom stereocenters. The molecular weight excluding hydrogens is 295 g/mol. The SMILES string of the molecule is CC1(C)[C@H](NC(=O)N[C@@H]2CCc3cc(F)ccc32)[C@H]2CCO[C@@H]21. The van der Waals surface area contributed by atoms with Crippen LogP contribution in [-0.2, 0) is 11.2 Å². The number of fused-ring (bicyclic) bond motifs is 2. The Kier molecular flexibility index (Phi) is 3.38. The van der Waals surface area contributed by atoms with Crippen LogP contribution in [-0.4, -0.2) is 24.8 Å². The van der Waals surface area contributed by atoms with Gasteiger partial charge in [-0.1, -0.05) is 19.9 Å². The van der Waals surface area contributed by atoms with Crippen LogP contribution >= 0.6 is 0 Å². The summed E-state index contributed by atoms with van der Waals surface area (Å²) in [6.45, 7) is 5.09. The zero-order valence-corrected chi connectivity index (χ0v) is 13.6. The normalized spacial score (nSPS) is 33.5. The van der Waals surface area contributed by atoms with Gasteiger partial charge in [-0.3, -0.25) is 0 Å². The summed E-state index contributed by atoms with van der Waals surface area (Å²) in [5.74, 6) is 0.220. The molecule has 2 N–H and O–H groups in total. The molecule has 2 aliphatic carbocycles. The highest BCUT2D eigenvalue weighted by molar-refractivity contribution is 5.75. The van der Waals surface area contributed by atoms with Gasteiger partial charge < -0.3 is 15.4 Å². The molecule has 0 bridgehead atoms. The van der Waals surface area contributed by atoms with E-state index in [9.17, 15) is 9.18 Å². The number of hydrogen-bond donors (Lipinski definition) is 2. The van der Waals surface area contributed by atoms with E-state index in [1.165, 1.54) is 6.07 Å². The third-order valence-electron chi connectivity index (χ3n) is 5.88. The van der Waals surface area contributed by atoms with Crippen molar-refractivity contribution in [2.75, 3.05) is 6.61 Å². The molecule has 4 atom stereocenters. The molecule has 2 fully saturated rings. The van der Waals surface area contributed by atoms with Crippen molar-refractivity contribution in [2.24, 2.45) is 11.3 Å². The summed E-state index contributed by atoms with van der Waals surface area (Å²) < 4.78 is 19.0. The van der Waals surface area contributed by atoms with Crippen molar-refractivity contribution in [3.05, 3.63) is 35.1 Å². The first-order valence-electron chi connectivity index (χ1n) is 8.44. The molecule has 1 aromatic carbocycles.